The SMILES string of the molecule is C=CC(=O)Nc1cc(N/C(=C/C(=N)N2OCC[C@@H]2Cc2cccc(Cl)c2F)NN)c(OC)cc1N1CCC(N2C[C@H]3C[C@@H]2CO3)CC1. The number of halogens is 2. The van der Waals surface area contributed by atoms with E-state index in [-0.39, 0.29) is 28.6 Å². The Kier molecular flexibility index (Phi) is 10.2. The van der Waals surface area contributed by atoms with Crippen molar-refractivity contribution in [2.45, 2.75) is 56.3 Å². The molecule has 4 fully saturated rings. The van der Waals surface area contributed by atoms with Crippen molar-refractivity contribution in [3.05, 3.63) is 71.3 Å². The van der Waals surface area contributed by atoms with Gasteiger partial charge in [-0.05, 0) is 55.9 Å². The fourth-order valence-corrected chi connectivity index (χ4v) is 7.27. The zero-order chi connectivity index (χ0) is 33.1. The number of nitrogens with zero attached hydrogens (tertiary/aromatic N) is 3. The number of hydroxylamine groups is 2. The van der Waals surface area contributed by atoms with Crippen molar-refractivity contribution in [2.24, 2.45) is 5.84 Å². The molecule has 1 amide bonds. The molecule has 0 spiro atoms. The van der Waals surface area contributed by atoms with Crippen LogP contribution in [0.4, 0.5) is 21.5 Å². The predicted molar refractivity (Wildman–Crippen MR) is 180 cm³/mol. The van der Waals surface area contributed by atoms with Crippen LogP contribution in [0.2, 0.25) is 5.02 Å². The molecule has 2 aromatic carbocycles. The predicted octanol–water partition coefficient (Wildman–Crippen LogP) is 4.00. The maximum Gasteiger partial charge on any atom is 0.247 e. The van der Waals surface area contributed by atoms with Gasteiger partial charge in [0, 0.05) is 43.9 Å². The number of hydrogen-bond donors (Lipinski definition) is 5. The van der Waals surface area contributed by atoms with Crippen molar-refractivity contribution in [1.29, 1.82) is 5.41 Å². The van der Waals surface area contributed by atoms with Crippen molar-refractivity contribution in [3.63, 3.8) is 0 Å². The van der Waals surface area contributed by atoms with Gasteiger partial charge in [-0.15, -0.1) is 0 Å². The van der Waals surface area contributed by atoms with Crippen LogP contribution in [0.25, 0.3) is 0 Å². The number of piperidine rings is 1. The Morgan fingerprint density at radius 3 is 2.70 bits per heavy atom. The van der Waals surface area contributed by atoms with Crippen molar-refractivity contribution < 1.29 is 23.5 Å². The standard InChI is InChI=1S/C33H42ClFN8O4/c1-3-32(44)39-26-15-27(29(45-2)16-28(26)41-10-7-21(8-11-41)42-18-24-14-23(42)19-46-24)38-31(40-37)17-30(36)43-22(9-12-47-43)13-20-5-4-6-25(34)33(20)35/h3-6,15-17,21-24,36,38,40H,1,7-14,18-19,37H2,2H3,(H,39,44)/b31-17-,36-30?/t22-,23-,24-/m1/s1. The topological polar surface area (TPSA) is 140 Å². The second-order valence-electron chi connectivity index (χ2n) is 12.3. The molecular weight excluding hydrogens is 627 g/mol. The van der Waals surface area contributed by atoms with E-state index in [9.17, 15) is 9.18 Å². The van der Waals surface area contributed by atoms with E-state index in [2.05, 4.69) is 32.4 Å². The Bertz CT molecular complexity index is 1530. The number of nitrogens with one attached hydrogen (secondary N) is 4. The third kappa shape index (κ3) is 7.19. The van der Waals surface area contributed by atoms with Crippen LogP contribution in [0.5, 0.6) is 5.75 Å². The van der Waals surface area contributed by atoms with Gasteiger partial charge < -0.3 is 30.4 Å². The van der Waals surface area contributed by atoms with Gasteiger partial charge >= 0.3 is 0 Å². The summed E-state index contributed by atoms with van der Waals surface area (Å²) in [7, 11) is 1.57. The first-order chi connectivity index (χ1) is 22.8. The lowest BCUT2D eigenvalue weighted by atomic mass is 10.0. The second-order valence-corrected chi connectivity index (χ2v) is 12.7. The molecule has 0 aliphatic carbocycles. The van der Waals surface area contributed by atoms with E-state index in [1.807, 2.05) is 6.07 Å². The van der Waals surface area contributed by atoms with Gasteiger partial charge in [0.05, 0.1) is 54.6 Å². The molecule has 0 unspecified atom stereocenters. The van der Waals surface area contributed by atoms with Gasteiger partial charge in [-0.3, -0.25) is 19.9 Å². The number of amidine groups is 1. The Morgan fingerprint density at radius 1 is 1.21 bits per heavy atom. The molecule has 0 saturated carbocycles. The Hall–Kier alpha value is -3.88. The first kappa shape index (κ1) is 33.0. The van der Waals surface area contributed by atoms with E-state index in [1.165, 1.54) is 23.3 Å². The molecule has 47 heavy (non-hydrogen) atoms. The van der Waals surface area contributed by atoms with E-state index in [0.717, 1.165) is 51.2 Å². The summed E-state index contributed by atoms with van der Waals surface area (Å²) in [6.07, 6.45) is 7.15. The molecule has 0 aromatic heterocycles. The molecule has 12 nitrogen and oxygen atoms in total. The molecule has 6 N–H and O–H groups in total. The molecule has 14 heteroatoms. The number of methoxy groups -OCH3 is 1. The molecule has 2 aromatic rings. The zero-order valence-electron chi connectivity index (χ0n) is 26.4. The van der Waals surface area contributed by atoms with Crippen molar-refractivity contribution in [1.82, 2.24) is 15.4 Å². The van der Waals surface area contributed by atoms with E-state index in [0.29, 0.717) is 60.3 Å². The lowest BCUT2D eigenvalue weighted by molar-refractivity contribution is -0.111. The normalized spacial score (nSPS) is 23.2. The number of morpholine rings is 1. The first-order valence-corrected chi connectivity index (χ1v) is 16.3. The first-order valence-electron chi connectivity index (χ1n) is 15.9. The summed E-state index contributed by atoms with van der Waals surface area (Å²) in [6, 6.07) is 9.32. The number of carbonyl (C=O) groups excluding carboxylic acids is 1. The smallest absolute Gasteiger partial charge is 0.247 e. The van der Waals surface area contributed by atoms with Crippen LogP contribution >= 0.6 is 11.6 Å². The van der Waals surface area contributed by atoms with Crippen LogP contribution in [0.15, 0.2) is 54.9 Å². The summed E-state index contributed by atoms with van der Waals surface area (Å²) in [4.78, 5) is 23.1. The fourth-order valence-electron chi connectivity index (χ4n) is 7.08. The molecule has 4 aliphatic heterocycles. The van der Waals surface area contributed by atoms with Crippen molar-refractivity contribution in [3.8, 4) is 5.75 Å². The molecule has 3 atom stereocenters. The maximum atomic E-state index is 14.6. The summed E-state index contributed by atoms with van der Waals surface area (Å²) in [5.74, 6) is 5.87. The second kappa shape index (κ2) is 14.5. The minimum absolute atomic E-state index is 0.00631. The highest BCUT2D eigenvalue weighted by molar-refractivity contribution is 6.30. The highest BCUT2D eigenvalue weighted by atomic mass is 35.5. The number of anilines is 3. The molecule has 4 saturated heterocycles. The fraction of sp³-hybridized carbons (Fsp3) is 0.455. The summed E-state index contributed by atoms with van der Waals surface area (Å²) < 4.78 is 26.2. The van der Waals surface area contributed by atoms with E-state index < -0.39 is 5.82 Å². The summed E-state index contributed by atoms with van der Waals surface area (Å²) in [5, 5.41) is 16.4. The number of carbonyl (C=O) groups is 1. The summed E-state index contributed by atoms with van der Waals surface area (Å²) >= 11 is 5.98. The zero-order valence-corrected chi connectivity index (χ0v) is 27.2. The van der Waals surface area contributed by atoms with E-state index in [1.54, 1.807) is 25.3 Å². The van der Waals surface area contributed by atoms with Crippen LogP contribution in [0, 0.1) is 11.2 Å². The van der Waals surface area contributed by atoms with Crippen LogP contribution in [0.1, 0.15) is 31.2 Å². The minimum Gasteiger partial charge on any atom is -0.494 e. The number of fused-ring (bicyclic) bond motifs is 2. The van der Waals surface area contributed by atoms with Gasteiger partial charge in [-0.25, -0.2) is 15.3 Å². The third-order valence-electron chi connectivity index (χ3n) is 9.42. The van der Waals surface area contributed by atoms with Crippen molar-refractivity contribution >= 4 is 40.4 Å². The number of hydrazine groups is 1. The quantitative estimate of drug-likeness (QED) is 0.0785. The molecule has 252 valence electrons. The summed E-state index contributed by atoms with van der Waals surface area (Å²) in [6.45, 7) is 7.50. The van der Waals surface area contributed by atoms with Crippen LogP contribution in [-0.2, 0) is 20.8 Å². The average molecular weight is 669 g/mol. The van der Waals surface area contributed by atoms with Crippen LogP contribution in [0.3, 0.4) is 0 Å². The number of likely N-dealkylation sites (tertiary alicyclic amines) is 1. The number of nitrogens with two attached hydrogens (primary N) is 1. The monoisotopic (exact) mass is 668 g/mol. The molecular formula is C33H42ClFN8O4. The number of hydrogen-bond acceptors (Lipinski definition) is 10. The number of ether oxygens (including phenoxy) is 2. The molecule has 2 bridgehead atoms. The minimum atomic E-state index is -0.471. The average Bonchev–Trinajstić information content (AvgIpc) is 3.85. The van der Waals surface area contributed by atoms with Gasteiger partial charge in [0.25, 0.3) is 0 Å². The van der Waals surface area contributed by atoms with Gasteiger partial charge in [0.2, 0.25) is 5.91 Å². The Balaban J connectivity index is 1.18. The number of rotatable bonds is 11. The molecule has 6 rings (SSSR count). The van der Waals surface area contributed by atoms with E-state index in [4.69, 9.17) is 37.2 Å². The lowest BCUT2D eigenvalue weighted by Gasteiger charge is -2.41. The number of benzene rings is 2. The van der Waals surface area contributed by atoms with Gasteiger partial charge in [0.15, 0.2) is 0 Å². The largest absolute Gasteiger partial charge is 0.494 e. The highest BCUT2D eigenvalue weighted by Gasteiger charge is 2.42. The highest BCUT2D eigenvalue weighted by Crippen LogP contribution is 2.40. The van der Waals surface area contributed by atoms with Crippen molar-refractivity contribution in [2.75, 3.05) is 55.5 Å². The molecule has 4 heterocycles. The Morgan fingerprint density at radius 2 is 2.02 bits per heavy atom. The molecule has 4 aliphatic rings. The van der Waals surface area contributed by atoms with Gasteiger partial charge in [0.1, 0.15) is 23.2 Å². The van der Waals surface area contributed by atoms with Crippen LogP contribution in [-0.4, -0.2) is 85.9 Å². The molecule has 0 radical (unpaired) electrons. The van der Waals surface area contributed by atoms with E-state index >= 15 is 0 Å². The third-order valence-corrected chi connectivity index (χ3v) is 9.71. The summed E-state index contributed by atoms with van der Waals surface area (Å²) in [5.41, 5.74) is 4.98. The van der Waals surface area contributed by atoms with Gasteiger partial charge in [-0.2, -0.15) is 0 Å². The van der Waals surface area contributed by atoms with Crippen LogP contribution < -0.4 is 31.5 Å². The lowest BCUT2D eigenvalue weighted by Crippen LogP contribution is -2.49. The number of amides is 1. The maximum absolute atomic E-state index is 14.6. The Labute approximate surface area is 279 Å². The van der Waals surface area contributed by atoms with Gasteiger partial charge in [-0.1, -0.05) is 30.3 Å².